The summed E-state index contributed by atoms with van der Waals surface area (Å²) >= 11 is 0. The van der Waals surface area contributed by atoms with Crippen LogP contribution in [0, 0.1) is 5.92 Å². The van der Waals surface area contributed by atoms with Crippen LogP contribution in [0.3, 0.4) is 0 Å². The Labute approximate surface area is 172 Å². The third-order valence-electron chi connectivity index (χ3n) is 5.19. The van der Waals surface area contributed by atoms with Crippen molar-refractivity contribution in [2.75, 3.05) is 24.1 Å². The monoisotopic (exact) mass is 423 g/mol. The Hall–Kier alpha value is -2.88. The van der Waals surface area contributed by atoms with Gasteiger partial charge in [-0.2, -0.15) is 13.2 Å². The van der Waals surface area contributed by atoms with Crippen molar-refractivity contribution < 1.29 is 22.7 Å². The zero-order chi connectivity index (χ0) is 21.6. The molecule has 10 heteroatoms. The third kappa shape index (κ3) is 5.59. The SMILES string of the molecule is Nc1c(NCc2ccc(C(F)(F)F)cc2)ncnc1C(CC1CCNCC1)OC=O. The van der Waals surface area contributed by atoms with Crippen LogP contribution < -0.4 is 16.4 Å². The molecule has 0 aliphatic carbocycles. The van der Waals surface area contributed by atoms with Crippen molar-refractivity contribution in [3.63, 3.8) is 0 Å². The van der Waals surface area contributed by atoms with E-state index in [1.807, 2.05) is 0 Å². The van der Waals surface area contributed by atoms with Crippen molar-refractivity contribution >= 4 is 18.0 Å². The summed E-state index contributed by atoms with van der Waals surface area (Å²) in [6, 6.07) is 4.84. The fourth-order valence-electron chi connectivity index (χ4n) is 3.52. The van der Waals surface area contributed by atoms with Crippen LogP contribution in [0.15, 0.2) is 30.6 Å². The predicted molar refractivity (Wildman–Crippen MR) is 105 cm³/mol. The Morgan fingerprint density at radius 3 is 2.57 bits per heavy atom. The van der Waals surface area contributed by atoms with Gasteiger partial charge in [0.25, 0.3) is 6.47 Å². The Balaban J connectivity index is 1.70. The Morgan fingerprint density at radius 2 is 1.93 bits per heavy atom. The Kier molecular flexibility index (Phi) is 7.09. The number of nitrogens with two attached hydrogens (primary N) is 1. The van der Waals surface area contributed by atoms with E-state index in [-0.39, 0.29) is 12.2 Å². The summed E-state index contributed by atoms with van der Waals surface area (Å²) in [4.78, 5) is 19.4. The lowest BCUT2D eigenvalue weighted by atomic mass is 9.90. The molecule has 1 aromatic carbocycles. The molecular weight excluding hydrogens is 399 g/mol. The van der Waals surface area contributed by atoms with Gasteiger partial charge in [0.05, 0.1) is 5.56 Å². The number of carbonyl (C=O) groups excluding carboxylic acids is 1. The molecule has 0 spiro atoms. The van der Waals surface area contributed by atoms with Gasteiger partial charge in [-0.25, -0.2) is 9.97 Å². The standard InChI is InChI=1S/C20H24F3N5O2/c21-20(22,23)15-3-1-14(2-4-15)10-26-19-17(24)18(27-11-28-19)16(30-12-29)9-13-5-7-25-8-6-13/h1-4,11-13,16,25H,5-10,24H2,(H,26,27,28). The summed E-state index contributed by atoms with van der Waals surface area (Å²) in [5, 5.41) is 6.31. The minimum atomic E-state index is -4.38. The summed E-state index contributed by atoms with van der Waals surface area (Å²) in [5.41, 5.74) is 6.83. The molecule has 30 heavy (non-hydrogen) atoms. The molecule has 1 aliphatic heterocycles. The minimum absolute atomic E-state index is 0.228. The van der Waals surface area contributed by atoms with Crippen LogP contribution in [0.5, 0.6) is 0 Å². The van der Waals surface area contributed by atoms with Crippen LogP contribution in [0.1, 0.15) is 42.2 Å². The number of nitrogen functional groups attached to an aromatic ring is 1. The second kappa shape index (κ2) is 9.75. The van der Waals surface area contributed by atoms with Gasteiger partial charge in [0.15, 0.2) is 5.82 Å². The van der Waals surface area contributed by atoms with Gasteiger partial charge < -0.3 is 21.1 Å². The third-order valence-corrected chi connectivity index (χ3v) is 5.19. The smallest absolute Gasteiger partial charge is 0.416 e. The van der Waals surface area contributed by atoms with E-state index in [0.717, 1.165) is 38.1 Å². The van der Waals surface area contributed by atoms with E-state index in [4.69, 9.17) is 10.5 Å². The first-order valence-corrected chi connectivity index (χ1v) is 9.68. The van der Waals surface area contributed by atoms with E-state index in [9.17, 15) is 18.0 Å². The Bertz CT molecular complexity index is 839. The number of hydrogen-bond acceptors (Lipinski definition) is 7. The average Bonchev–Trinajstić information content (AvgIpc) is 2.73. The van der Waals surface area contributed by atoms with Crippen LogP contribution in [0.2, 0.25) is 0 Å². The molecule has 0 bridgehead atoms. The molecule has 0 amide bonds. The highest BCUT2D eigenvalue weighted by molar-refractivity contribution is 5.64. The van der Waals surface area contributed by atoms with Crippen molar-refractivity contribution in [2.45, 2.75) is 38.1 Å². The molecule has 162 valence electrons. The van der Waals surface area contributed by atoms with Gasteiger partial charge in [0.2, 0.25) is 0 Å². The van der Waals surface area contributed by atoms with Crippen LogP contribution in [0.4, 0.5) is 24.7 Å². The van der Waals surface area contributed by atoms with Crippen molar-refractivity contribution in [3.05, 3.63) is 47.4 Å². The highest BCUT2D eigenvalue weighted by atomic mass is 19.4. The van der Waals surface area contributed by atoms with Gasteiger partial charge in [0.1, 0.15) is 23.8 Å². The summed E-state index contributed by atoms with van der Waals surface area (Å²) < 4.78 is 43.3. The van der Waals surface area contributed by atoms with Gasteiger partial charge in [-0.15, -0.1) is 0 Å². The maximum atomic E-state index is 12.7. The van der Waals surface area contributed by atoms with Crippen LogP contribution in [-0.4, -0.2) is 29.5 Å². The molecule has 0 saturated carbocycles. The Morgan fingerprint density at radius 1 is 1.23 bits per heavy atom. The molecule has 1 atom stereocenters. The normalized spacial score (nSPS) is 16.1. The number of benzene rings is 1. The second-order valence-corrected chi connectivity index (χ2v) is 7.22. The first kappa shape index (κ1) is 21.8. The highest BCUT2D eigenvalue weighted by Gasteiger charge is 2.30. The number of alkyl halides is 3. The number of rotatable bonds is 8. The van der Waals surface area contributed by atoms with E-state index in [2.05, 4.69) is 20.6 Å². The molecule has 1 aromatic heterocycles. The molecule has 1 unspecified atom stereocenters. The largest absolute Gasteiger partial charge is 0.458 e. The second-order valence-electron chi connectivity index (χ2n) is 7.22. The van der Waals surface area contributed by atoms with Crippen molar-refractivity contribution in [3.8, 4) is 0 Å². The summed E-state index contributed by atoms with van der Waals surface area (Å²) in [7, 11) is 0. The zero-order valence-corrected chi connectivity index (χ0v) is 16.3. The number of piperidine rings is 1. The molecular formula is C20H24F3N5O2. The summed E-state index contributed by atoms with van der Waals surface area (Å²) in [6.45, 7) is 2.45. The molecule has 2 heterocycles. The number of hydrogen-bond donors (Lipinski definition) is 3. The lowest BCUT2D eigenvalue weighted by Crippen LogP contribution is -2.29. The summed E-state index contributed by atoms with van der Waals surface area (Å²) in [5.74, 6) is 0.721. The van der Waals surface area contributed by atoms with Gasteiger partial charge in [-0.05, 0) is 56.0 Å². The number of carbonyl (C=O) groups is 1. The molecule has 1 fully saturated rings. The number of ether oxygens (including phenoxy) is 1. The van der Waals surface area contributed by atoms with E-state index >= 15 is 0 Å². The van der Waals surface area contributed by atoms with Gasteiger partial charge in [-0.1, -0.05) is 12.1 Å². The molecule has 2 aromatic rings. The lowest BCUT2D eigenvalue weighted by molar-refractivity contribution is -0.137. The number of nitrogens with zero attached hydrogens (tertiary/aromatic N) is 2. The van der Waals surface area contributed by atoms with Crippen molar-refractivity contribution in [1.82, 2.24) is 15.3 Å². The minimum Gasteiger partial charge on any atom is -0.458 e. The number of aromatic nitrogens is 2. The quantitative estimate of drug-likeness (QED) is 0.560. The maximum absolute atomic E-state index is 12.7. The van der Waals surface area contributed by atoms with Crippen LogP contribution in [-0.2, 0) is 22.3 Å². The maximum Gasteiger partial charge on any atom is 0.416 e. The van der Waals surface area contributed by atoms with Gasteiger partial charge >= 0.3 is 6.18 Å². The molecule has 1 aliphatic rings. The lowest BCUT2D eigenvalue weighted by Gasteiger charge is -2.26. The summed E-state index contributed by atoms with van der Waals surface area (Å²) in [6.07, 6.45) is -1.07. The fourth-order valence-corrected chi connectivity index (χ4v) is 3.52. The molecule has 0 radical (unpaired) electrons. The first-order chi connectivity index (χ1) is 14.4. The number of nitrogens with one attached hydrogen (secondary N) is 2. The fraction of sp³-hybridized carbons (Fsp3) is 0.450. The van der Waals surface area contributed by atoms with E-state index in [1.54, 1.807) is 0 Å². The van der Waals surface area contributed by atoms with Crippen molar-refractivity contribution in [2.24, 2.45) is 5.92 Å². The topological polar surface area (TPSA) is 102 Å². The molecule has 3 rings (SSSR count). The van der Waals surface area contributed by atoms with E-state index in [0.29, 0.717) is 35.9 Å². The highest BCUT2D eigenvalue weighted by Crippen LogP contribution is 2.33. The first-order valence-electron chi connectivity index (χ1n) is 9.68. The number of halogens is 3. The van der Waals surface area contributed by atoms with Crippen LogP contribution >= 0.6 is 0 Å². The average molecular weight is 423 g/mol. The van der Waals surface area contributed by atoms with Crippen LogP contribution in [0.25, 0.3) is 0 Å². The number of anilines is 2. The van der Waals surface area contributed by atoms with Gasteiger partial charge in [0, 0.05) is 6.54 Å². The van der Waals surface area contributed by atoms with Crippen molar-refractivity contribution in [1.29, 1.82) is 0 Å². The van der Waals surface area contributed by atoms with Gasteiger partial charge in [-0.3, -0.25) is 4.79 Å². The zero-order valence-electron chi connectivity index (χ0n) is 16.3. The molecule has 1 saturated heterocycles. The molecule has 4 N–H and O–H groups in total. The predicted octanol–water partition coefficient (Wildman–Crippen LogP) is 3.29. The molecule has 7 nitrogen and oxygen atoms in total. The van der Waals surface area contributed by atoms with E-state index < -0.39 is 17.8 Å². The van der Waals surface area contributed by atoms with E-state index in [1.165, 1.54) is 18.5 Å².